The summed E-state index contributed by atoms with van der Waals surface area (Å²) >= 11 is 1.80. The van der Waals surface area contributed by atoms with E-state index >= 15 is 0 Å². The van der Waals surface area contributed by atoms with Crippen LogP contribution in [0.25, 0.3) is 0 Å². The molecule has 0 unspecified atom stereocenters. The molecule has 0 spiro atoms. The molecule has 1 atom stereocenters. The molecular weight excluding hydrogens is 376 g/mol. The minimum absolute atomic E-state index is 0.125. The highest BCUT2D eigenvalue weighted by Gasteiger charge is 2.25. The molecule has 0 bridgehead atoms. The predicted molar refractivity (Wildman–Crippen MR) is 119 cm³/mol. The molecule has 0 radical (unpaired) electrons. The lowest BCUT2D eigenvalue weighted by Gasteiger charge is -2.33. The molecule has 0 fully saturated rings. The number of carbonyl (C=O) groups is 1. The van der Waals surface area contributed by atoms with Gasteiger partial charge in [0.25, 0.3) is 0 Å². The third kappa shape index (κ3) is 3.65. The fraction of sp³-hybridized carbons (Fsp3) is 0.240. The molecule has 29 heavy (non-hydrogen) atoms. The zero-order valence-corrected chi connectivity index (χ0v) is 17.1. The molecule has 146 valence electrons. The van der Waals surface area contributed by atoms with Crippen LogP contribution in [0.15, 0.2) is 82.6 Å². The number of nitrogens with zero attached hydrogens (tertiary/aromatic N) is 1. The van der Waals surface area contributed by atoms with E-state index in [0.29, 0.717) is 13.0 Å². The number of amides is 1. The van der Waals surface area contributed by atoms with Crippen molar-refractivity contribution in [3.63, 3.8) is 0 Å². The molecule has 5 rings (SSSR count). The van der Waals surface area contributed by atoms with Crippen molar-refractivity contribution in [3.8, 4) is 0 Å². The summed E-state index contributed by atoms with van der Waals surface area (Å²) in [6.07, 6.45) is 3.74. The number of carbonyl (C=O) groups excluding carboxylic acids is 1. The van der Waals surface area contributed by atoms with Gasteiger partial charge in [-0.3, -0.25) is 4.79 Å². The van der Waals surface area contributed by atoms with Gasteiger partial charge in [-0.25, -0.2) is 0 Å². The van der Waals surface area contributed by atoms with Crippen molar-refractivity contribution in [2.75, 3.05) is 11.4 Å². The minimum Gasteiger partial charge on any atom is -0.349 e. The summed E-state index contributed by atoms with van der Waals surface area (Å²) in [7, 11) is 0. The number of para-hydroxylation sites is 2. The molecule has 2 aliphatic rings. The van der Waals surface area contributed by atoms with Crippen LogP contribution < -0.4 is 10.2 Å². The highest BCUT2D eigenvalue weighted by molar-refractivity contribution is 7.99. The Morgan fingerprint density at radius 3 is 2.34 bits per heavy atom. The number of hydrogen-bond donors (Lipinski definition) is 1. The number of aryl methyl sites for hydroxylation is 1. The summed E-state index contributed by atoms with van der Waals surface area (Å²) in [6.45, 7) is 0.675. The summed E-state index contributed by atoms with van der Waals surface area (Å²) in [5.41, 5.74) is 5.04. The van der Waals surface area contributed by atoms with E-state index in [9.17, 15) is 4.79 Å². The number of nitrogens with one attached hydrogen (secondary N) is 1. The summed E-state index contributed by atoms with van der Waals surface area (Å²) < 4.78 is 0. The van der Waals surface area contributed by atoms with E-state index in [1.807, 2.05) is 0 Å². The van der Waals surface area contributed by atoms with E-state index in [1.165, 1.54) is 32.3 Å². The Morgan fingerprint density at radius 2 is 1.59 bits per heavy atom. The molecule has 0 saturated heterocycles. The molecule has 1 amide bonds. The van der Waals surface area contributed by atoms with Crippen molar-refractivity contribution in [2.24, 2.45) is 0 Å². The highest BCUT2D eigenvalue weighted by atomic mass is 32.2. The van der Waals surface area contributed by atoms with Crippen LogP contribution in [0, 0.1) is 0 Å². The molecule has 0 saturated carbocycles. The molecule has 4 heteroatoms. The predicted octanol–water partition coefficient (Wildman–Crippen LogP) is 5.87. The van der Waals surface area contributed by atoms with Crippen LogP contribution in [0.3, 0.4) is 0 Å². The lowest BCUT2D eigenvalue weighted by Crippen LogP contribution is -2.33. The molecular formula is C25H24N2OS. The van der Waals surface area contributed by atoms with Gasteiger partial charge >= 0.3 is 0 Å². The lowest BCUT2D eigenvalue weighted by molar-refractivity contribution is -0.121. The Bertz CT molecular complexity index is 1000. The SMILES string of the molecule is O=C(CCN1c2ccccc2Sc2ccccc21)N[C@@H]1CCCc2ccccc21. The Labute approximate surface area is 176 Å². The van der Waals surface area contributed by atoms with Crippen LogP contribution in [-0.2, 0) is 11.2 Å². The maximum atomic E-state index is 12.8. The second-order valence-corrected chi connectivity index (χ2v) is 8.73. The standard InChI is InChI=1S/C25H24N2OS/c28-25(26-20-11-7-9-18-8-1-2-10-19(18)20)16-17-27-21-12-3-5-14-23(21)29-24-15-6-4-13-22(24)27/h1-6,8,10,12-15,20H,7,9,11,16-17H2,(H,26,28)/t20-/m1/s1. The second-order valence-electron chi connectivity index (χ2n) is 7.65. The van der Waals surface area contributed by atoms with Crippen LogP contribution in [0.4, 0.5) is 11.4 Å². The normalized spacial score (nSPS) is 17.1. The van der Waals surface area contributed by atoms with E-state index in [1.54, 1.807) is 11.8 Å². The Hall–Kier alpha value is -2.72. The fourth-order valence-corrected chi connectivity index (χ4v) is 5.50. The van der Waals surface area contributed by atoms with Gasteiger partial charge in [-0.1, -0.05) is 60.3 Å². The van der Waals surface area contributed by atoms with E-state index in [4.69, 9.17) is 0 Å². The smallest absolute Gasteiger partial charge is 0.222 e. The number of anilines is 2. The van der Waals surface area contributed by atoms with Crippen LogP contribution >= 0.6 is 11.8 Å². The maximum Gasteiger partial charge on any atom is 0.222 e. The van der Waals surface area contributed by atoms with Crippen molar-refractivity contribution in [3.05, 3.63) is 83.9 Å². The second kappa shape index (κ2) is 7.96. The summed E-state index contributed by atoms with van der Waals surface area (Å²) in [6, 6.07) is 25.5. The first-order valence-corrected chi connectivity index (χ1v) is 11.1. The summed E-state index contributed by atoms with van der Waals surface area (Å²) in [5.74, 6) is 0.125. The van der Waals surface area contributed by atoms with Gasteiger partial charge in [0.15, 0.2) is 0 Å². The van der Waals surface area contributed by atoms with E-state index < -0.39 is 0 Å². The first-order valence-electron chi connectivity index (χ1n) is 10.3. The first kappa shape index (κ1) is 18.3. The van der Waals surface area contributed by atoms with Crippen LogP contribution in [0.1, 0.15) is 36.4 Å². The summed E-state index contributed by atoms with van der Waals surface area (Å²) in [5, 5.41) is 3.29. The molecule has 1 aliphatic carbocycles. The van der Waals surface area contributed by atoms with E-state index in [2.05, 4.69) is 83.0 Å². The average molecular weight is 401 g/mol. The Kier molecular flexibility index (Phi) is 5.03. The van der Waals surface area contributed by atoms with Crippen LogP contribution in [-0.4, -0.2) is 12.5 Å². The van der Waals surface area contributed by atoms with Crippen molar-refractivity contribution < 1.29 is 4.79 Å². The quantitative estimate of drug-likeness (QED) is 0.594. The largest absolute Gasteiger partial charge is 0.349 e. The fourth-order valence-electron chi connectivity index (χ4n) is 4.41. The number of benzene rings is 3. The van der Waals surface area contributed by atoms with Crippen molar-refractivity contribution >= 4 is 29.0 Å². The highest BCUT2D eigenvalue weighted by Crippen LogP contribution is 2.47. The van der Waals surface area contributed by atoms with Gasteiger partial charge in [-0.2, -0.15) is 0 Å². The van der Waals surface area contributed by atoms with Gasteiger partial charge < -0.3 is 10.2 Å². The van der Waals surface area contributed by atoms with Crippen molar-refractivity contribution in [2.45, 2.75) is 41.5 Å². The van der Waals surface area contributed by atoms with Crippen molar-refractivity contribution in [1.29, 1.82) is 0 Å². The molecule has 3 aromatic carbocycles. The minimum atomic E-state index is 0.125. The Morgan fingerprint density at radius 1 is 0.931 bits per heavy atom. The van der Waals surface area contributed by atoms with Crippen LogP contribution in [0.2, 0.25) is 0 Å². The zero-order valence-electron chi connectivity index (χ0n) is 16.3. The van der Waals surface area contributed by atoms with Crippen molar-refractivity contribution in [1.82, 2.24) is 5.32 Å². The van der Waals surface area contributed by atoms with Gasteiger partial charge in [0, 0.05) is 22.8 Å². The third-order valence-electron chi connectivity index (χ3n) is 5.80. The molecule has 1 heterocycles. The maximum absolute atomic E-state index is 12.8. The summed E-state index contributed by atoms with van der Waals surface area (Å²) in [4.78, 5) is 17.6. The number of fused-ring (bicyclic) bond motifs is 3. The first-order chi connectivity index (χ1) is 14.3. The molecule has 0 aromatic heterocycles. The van der Waals surface area contributed by atoms with Crippen LogP contribution in [0.5, 0.6) is 0 Å². The topological polar surface area (TPSA) is 32.3 Å². The third-order valence-corrected chi connectivity index (χ3v) is 6.93. The van der Waals surface area contributed by atoms with E-state index in [0.717, 1.165) is 19.3 Å². The van der Waals surface area contributed by atoms with E-state index in [-0.39, 0.29) is 11.9 Å². The van der Waals surface area contributed by atoms with Gasteiger partial charge in [0.2, 0.25) is 5.91 Å². The molecule has 3 aromatic rings. The number of rotatable bonds is 4. The Balaban J connectivity index is 1.32. The van der Waals surface area contributed by atoms with Gasteiger partial charge in [0.1, 0.15) is 0 Å². The zero-order chi connectivity index (χ0) is 19.6. The van der Waals surface area contributed by atoms with Gasteiger partial charge in [0.05, 0.1) is 17.4 Å². The van der Waals surface area contributed by atoms with Gasteiger partial charge in [-0.05, 0) is 54.7 Å². The monoisotopic (exact) mass is 400 g/mol. The lowest BCUT2D eigenvalue weighted by atomic mass is 9.87. The molecule has 1 aliphatic heterocycles. The molecule has 3 nitrogen and oxygen atoms in total. The van der Waals surface area contributed by atoms with Gasteiger partial charge in [-0.15, -0.1) is 0 Å². The average Bonchev–Trinajstić information content (AvgIpc) is 2.77. The molecule has 1 N–H and O–H groups in total. The number of hydrogen-bond acceptors (Lipinski definition) is 3.